The fraction of sp³-hybridized carbons (Fsp3) is 0.400. The standard InChI is InChI=1S/C30H30Cl2F2N2O4S.H2O/c31-23-16-35-17-24(32)22(23)15-26(21-8-9-25(40-30(33)34)27(14-21)38-18-20-6-7-20)39-29(37)28-36(12-13-41-28)11-10-19-4-2-1-3-5-19;/h1-5,8-9,14,16-17,20,26,28,30H,6-7,10-13,15,18H2;1H2/t26-,28-;/m0./s1. The Balaban J connectivity index is 0.00000405. The number of carbonyl (C=O) groups excluding carboxylic acids is 1. The number of thioether (sulfide) groups is 1. The quantitative estimate of drug-likeness (QED) is 0.198. The molecule has 1 saturated carbocycles. The predicted molar refractivity (Wildman–Crippen MR) is 157 cm³/mol. The Morgan fingerprint density at radius 3 is 2.50 bits per heavy atom. The third kappa shape index (κ3) is 8.70. The summed E-state index contributed by atoms with van der Waals surface area (Å²) in [5.41, 5.74) is 2.35. The minimum absolute atomic E-state index is 0. The number of hydrogen-bond acceptors (Lipinski definition) is 7. The highest BCUT2D eigenvalue weighted by Gasteiger charge is 2.35. The van der Waals surface area contributed by atoms with Gasteiger partial charge in [0.25, 0.3) is 0 Å². The summed E-state index contributed by atoms with van der Waals surface area (Å²) in [5.74, 6) is 0.927. The van der Waals surface area contributed by atoms with Gasteiger partial charge in [-0.05, 0) is 48.4 Å². The van der Waals surface area contributed by atoms with Gasteiger partial charge in [-0.15, -0.1) is 11.8 Å². The van der Waals surface area contributed by atoms with Crippen LogP contribution in [0, 0.1) is 5.92 Å². The summed E-state index contributed by atoms with van der Waals surface area (Å²) in [4.78, 5) is 18.6. The van der Waals surface area contributed by atoms with Crippen molar-refractivity contribution in [1.29, 1.82) is 0 Å². The van der Waals surface area contributed by atoms with Crippen molar-refractivity contribution < 1.29 is 38.2 Å². The molecule has 2 N–H and O–H groups in total. The van der Waals surface area contributed by atoms with Crippen molar-refractivity contribution in [3.63, 3.8) is 0 Å². The largest absolute Gasteiger partial charge is 0.870 e. The first-order valence-electron chi connectivity index (χ1n) is 13.5. The first-order valence-corrected chi connectivity index (χ1v) is 15.3. The molecule has 2 aromatic carbocycles. The fourth-order valence-corrected chi connectivity index (χ4v) is 6.38. The maximum absolute atomic E-state index is 13.6. The minimum Gasteiger partial charge on any atom is -0.870 e. The molecule has 5 rings (SSSR count). The zero-order chi connectivity index (χ0) is 28.8. The molecule has 2 atom stereocenters. The number of nitrogens with one attached hydrogen (secondary N) is 1. The monoisotopic (exact) mass is 640 g/mol. The molecule has 42 heavy (non-hydrogen) atoms. The van der Waals surface area contributed by atoms with E-state index in [9.17, 15) is 13.6 Å². The average molecular weight is 642 g/mol. The van der Waals surface area contributed by atoms with Crippen LogP contribution in [-0.4, -0.2) is 53.8 Å². The lowest BCUT2D eigenvalue weighted by molar-refractivity contribution is -0.377. The molecule has 226 valence electrons. The first kappa shape index (κ1) is 32.3. The van der Waals surface area contributed by atoms with Crippen LogP contribution in [0.1, 0.15) is 35.6 Å². The van der Waals surface area contributed by atoms with E-state index < -0.39 is 18.1 Å². The molecular weight excluding hydrogens is 609 g/mol. The summed E-state index contributed by atoms with van der Waals surface area (Å²) < 4.78 is 43.0. The molecule has 1 aliphatic heterocycles. The van der Waals surface area contributed by atoms with E-state index in [2.05, 4.69) is 22.0 Å². The van der Waals surface area contributed by atoms with Crippen molar-refractivity contribution in [2.24, 2.45) is 5.92 Å². The minimum atomic E-state index is -3.00. The SMILES string of the molecule is O=C(O[C@@H](Cc1c(Cl)c[nH+]cc1Cl)c1ccc(OC(F)F)c(OCC2CC2)c1)[C@@H]1SCCN1CCc1ccccc1.[OH-]. The average Bonchev–Trinajstić information content (AvgIpc) is 3.67. The Kier molecular flexibility index (Phi) is 11.7. The summed E-state index contributed by atoms with van der Waals surface area (Å²) >= 11 is 14.5. The van der Waals surface area contributed by atoms with Gasteiger partial charge in [-0.3, -0.25) is 4.90 Å². The lowest BCUT2D eigenvalue weighted by atomic mass is 10.0. The molecule has 1 aromatic heterocycles. The maximum atomic E-state index is 13.6. The summed E-state index contributed by atoms with van der Waals surface area (Å²) in [7, 11) is 0. The van der Waals surface area contributed by atoms with Crippen molar-refractivity contribution in [3.8, 4) is 11.5 Å². The van der Waals surface area contributed by atoms with Crippen molar-refractivity contribution >= 4 is 40.9 Å². The van der Waals surface area contributed by atoms with Crippen molar-refractivity contribution in [1.82, 2.24) is 4.90 Å². The number of halogens is 4. The molecule has 0 bridgehead atoms. The lowest BCUT2D eigenvalue weighted by Crippen LogP contribution is -2.38. The highest BCUT2D eigenvalue weighted by Crippen LogP contribution is 2.38. The number of esters is 1. The van der Waals surface area contributed by atoms with Crippen molar-refractivity contribution in [2.45, 2.75) is 43.8 Å². The highest BCUT2D eigenvalue weighted by atomic mass is 35.5. The number of alkyl halides is 2. The van der Waals surface area contributed by atoms with Gasteiger partial charge in [0.15, 0.2) is 29.3 Å². The van der Waals surface area contributed by atoms with Gasteiger partial charge in [0.1, 0.15) is 16.1 Å². The van der Waals surface area contributed by atoms with Gasteiger partial charge in [0.05, 0.1) is 6.61 Å². The van der Waals surface area contributed by atoms with Gasteiger partial charge < -0.3 is 19.7 Å². The second-order valence-corrected chi connectivity index (χ2v) is 12.1. The zero-order valence-corrected chi connectivity index (χ0v) is 25.0. The number of aromatic nitrogens is 1. The Hall–Kier alpha value is -2.63. The second-order valence-electron chi connectivity index (χ2n) is 10.1. The topological polar surface area (TPSA) is 92.1 Å². The third-order valence-corrected chi connectivity index (χ3v) is 8.99. The number of carbonyl (C=O) groups is 1. The molecule has 2 fully saturated rings. The number of pyridine rings is 1. The number of benzene rings is 2. The number of nitrogens with zero attached hydrogens (tertiary/aromatic N) is 1. The van der Waals surface area contributed by atoms with Crippen LogP contribution in [0.3, 0.4) is 0 Å². The number of rotatable bonds is 13. The molecule has 2 heterocycles. The molecular formula is C30H32Cl2F2N2O5S. The number of ether oxygens (including phenoxy) is 3. The van der Waals surface area contributed by atoms with E-state index >= 15 is 0 Å². The highest BCUT2D eigenvalue weighted by molar-refractivity contribution is 8.00. The molecule has 0 amide bonds. The molecule has 0 unspecified atom stereocenters. The van der Waals surface area contributed by atoms with Gasteiger partial charge in [0.2, 0.25) is 0 Å². The van der Waals surface area contributed by atoms with Crippen LogP contribution < -0.4 is 14.5 Å². The number of hydrogen-bond donors (Lipinski definition) is 0. The van der Waals surface area contributed by atoms with E-state index in [1.807, 2.05) is 18.2 Å². The Labute approximate surface area is 257 Å². The third-order valence-electron chi connectivity index (χ3n) is 7.09. The van der Waals surface area contributed by atoms with E-state index in [1.165, 1.54) is 11.6 Å². The van der Waals surface area contributed by atoms with Crippen LogP contribution >= 0.6 is 35.0 Å². The van der Waals surface area contributed by atoms with Gasteiger partial charge in [-0.2, -0.15) is 8.78 Å². The fourth-order valence-electron chi connectivity index (χ4n) is 4.67. The van der Waals surface area contributed by atoms with Crippen LogP contribution in [-0.2, 0) is 22.4 Å². The Bertz CT molecular complexity index is 1320. The van der Waals surface area contributed by atoms with Crippen LogP contribution in [0.2, 0.25) is 10.0 Å². The Morgan fingerprint density at radius 1 is 1.07 bits per heavy atom. The predicted octanol–water partition coefficient (Wildman–Crippen LogP) is 6.47. The number of aromatic amines is 1. The van der Waals surface area contributed by atoms with E-state index in [-0.39, 0.29) is 29.4 Å². The summed E-state index contributed by atoms with van der Waals surface area (Å²) in [6.07, 6.45) is 5.46. The van der Waals surface area contributed by atoms with E-state index in [0.717, 1.165) is 31.6 Å². The normalized spacial score (nSPS) is 17.5. The summed E-state index contributed by atoms with van der Waals surface area (Å²) in [5, 5.41) is 0.311. The van der Waals surface area contributed by atoms with Crippen LogP contribution in [0.15, 0.2) is 60.9 Å². The van der Waals surface area contributed by atoms with E-state index in [4.69, 9.17) is 37.4 Å². The maximum Gasteiger partial charge on any atom is 0.387 e. The van der Waals surface area contributed by atoms with E-state index in [1.54, 1.807) is 36.3 Å². The molecule has 0 spiro atoms. The second kappa shape index (κ2) is 15.2. The summed E-state index contributed by atoms with van der Waals surface area (Å²) in [6.45, 7) is -1.12. The Morgan fingerprint density at radius 2 is 1.81 bits per heavy atom. The smallest absolute Gasteiger partial charge is 0.387 e. The molecule has 7 nitrogen and oxygen atoms in total. The van der Waals surface area contributed by atoms with Gasteiger partial charge in [-0.25, -0.2) is 9.78 Å². The van der Waals surface area contributed by atoms with Crippen molar-refractivity contribution in [3.05, 3.63) is 87.7 Å². The van der Waals surface area contributed by atoms with Crippen LogP contribution in [0.25, 0.3) is 0 Å². The first-order chi connectivity index (χ1) is 19.9. The lowest BCUT2D eigenvalue weighted by Gasteiger charge is -2.26. The van der Waals surface area contributed by atoms with Crippen LogP contribution in [0.4, 0.5) is 8.78 Å². The molecule has 1 saturated heterocycles. The van der Waals surface area contributed by atoms with Gasteiger partial charge in [-0.1, -0.05) is 59.6 Å². The molecule has 2 aliphatic rings. The van der Waals surface area contributed by atoms with E-state index in [0.29, 0.717) is 40.2 Å². The van der Waals surface area contributed by atoms with Gasteiger partial charge in [0, 0.05) is 30.8 Å². The van der Waals surface area contributed by atoms with Gasteiger partial charge >= 0.3 is 12.6 Å². The zero-order valence-electron chi connectivity index (χ0n) is 22.7. The van der Waals surface area contributed by atoms with Crippen LogP contribution in [0.5, 0.6) is 11.5 Å². The number of H-pyrrole nitrogens is 1. The molecule has 0 radical (unpaired) electrons. The van der Waals surface area contributed by atoms with Crippen molar-refractivity contribution in [2.75, 3.05) is 25.4 Å². The summed E-state index contributed by atoms with van der Waals surface area (Å²) in [6, 6.07) is 14.7. The molecule has 12 heteroatoms. The molecule has 1 aliphatic carbocycles. The molecule has 3 aromatic rings.